The number of nitrogens with two attached hydrogens (primary N) is 1. The molecule has 23 heavy (non-hydrogen) atoms. The highest BCUT2D eigenvalue weighted by Gasteiger charge is 2.15. The van der Waals surface area contributed by atoms with Crippen molar-refractivity contribution in [1.29, 1.82) is 0 Å². The summed E-state index contributed by atoms with van der Waals surface area (Å²) in [6.45, 7) is 0. The third kappa shape index (κ3) is 2.78. The zero-order chi connectivity index (χ0) is 16.4. The Bertz CT molecular complexity index is 873. The van der Waals surface area contributed by atoms with Gasteiger partial charge in [0, 0.05) is 17.8 Å². The lowest BCUT2D eigenvalue weighted by Crippen LogP contribution is -1.99. The summed E-state index contributed by atoms with van der Waals surface area (Å²) < 4.78 is 29.7. The molecule has 0 aliphatic rings. The number of fused-ring (bicyclic) bond motifs is 1. The molecule has 2 N–H and O–H groups in total. The maximum absolute atomic E-state index is 13.9. The molecular weight excluding hydrogens is 303 g/mol. The number of nitrogens with zero attached hydrogens (tertiary/aromatic N) is 3. The first kappa shape index (κ1) is 14.8. The molecule has 3 rings (SSSR count). The molecule has 2 aromatic heterocycles. The summed E-state index contributed by atoms with van der Waals surface area (Å²) in [5.74, 6) is 0.147. The van der Waals surface area contributed by atoms with Gasteiger partial charge in [-0.1, -0.05) is 0 Å². The number of pyridine rings is 1. The lowest BCUT2D eigenvalue weighted by atomic mass is 10.3. The standard InChI is InChI=1S/C15H13FN4O3/c1-21-12-6-10-13(20-14(12)22-2)15(19-7-18-10)23-11-4-3-8(17)5-9(11)16/h3-7H,17H2,1-2H3. The van der Waals surface area contributed by atoms with Crippen LogP contribution < -0.4 is 19.9 Å². The second-order valence-electron chi connectivity index (χ2n) is 4.54. The van der Waals surface area contributed by atoms with Crippen LogP contribution in [0.15, 0.2) is 30.6 Å². The second-order valence-corrected chi connectivity index (χ2v) is 4.54. The molecule has 118 valence electrons. The van der Waals surface area contributed by atoms with Gasteiger partial charge in [0.15, 0.2) is 22.8 Å². The highest BCUT2D eigenvalue weighted by Crippen LogP contribution is 2.33. The van der Waals surface area contributed by atoms with Gasteiger partial charge >= 0.3 is 0 Å². The highest BCUT2D eigenvalue weighted by molar-refractivity contribution is 5.81. The van der Waals surface area contributed by atoms with Crippen LogP contribution in [0.3, 0.4) is 0 Å². The van der Waals surface area contributed by atoms with Crippen molar-refractivity contribution < 1.29 is 18.6 Å². The molecule has 0 radical (unpaired) electrons. The van der Waals surface area contributed by atoms with E-state index in [1.54, 1.807) is 6.07 Å². The predicted molar refractivity (Wildman–Crippen MR) is 81.3 cm³/mol. The van der Waals surface area contributed by atoms with Gasteiger partial charge in [-0.05, 0) is 12.1 Å². The fourth-order valence-corrected chi connectivity index (χ4v) is 2.00. The van der Waals surface area contributed by atoms with E-state index in [2.05, 4.69) is 15.0 Å². The van der Waals surface area contributed by atoms with Gasteiger partial charge in [0.25, 0.3) is 5.88 Å². The number of hydrogen-bond donors (Lipinski definition) is 1. The Morgan fingerprint density at radius 2 is 1.83 bits per heavy atom. The number of hydrogen-bond acceptors (Lipinski definition) is 7. The molecule has 0 amide bonds. The van der Waals surface area contributed by atoms with Gasteiger partial charge in [-0.15, -0.1) is 0 Å². The Morgan fingerprint density at radius 1 is 1.00 bits per heavy atom. The van der Waals surface area contributed by atoms with Crippen molar-refractivity contribution in [1.82, 2.24) is 15.0 Å². The molecule has 0 bridgehead atoms. The molecule has 7 nitrogen and oxygen atoms in total. The number of methoxy groups -OCH3 is 2. The van der Waals surface area contributed by atoms with E-state index < -0.39 is 5.82 Å². The average molecular weight is 316 g/mol. The summed E-state index contributed by atoms with van der Waals surface area (Å²) in [4.78, 5) is 12.4. The molecule has 0 saturated carbocycles. The third-order valence-corrected chi connectivity index (χ3v) is 3.08. The molecule has 0 unspecified atom stereocenters. The fourth-order valence-electron chi connectivity index (χ4n) is 2.00. The first-order chi connectivity index (χ1) is 11.1. The zero-order valence-corrected chi connectivity index (χ0v) is 12.4. The van der Waals surface area contributed by atoms with Crippen LogP contribution >= 0.6 is 0 Å². The Hall–Kier alpha value is -3.16. The first-order valence-corrected chi connectivity index (χ1v) is 6.59. The van der Waals surface area contributed by atoms with Crippen molar-refractivity contribution in [2.45, 2.75) is 0 Å². The van der Waals surface area contributed by atoms with Gasteiger partial charge in [0.2, 0.25) is 5.88 Å². The lowest BCUT2D eigenvalue weighted by molar-refractivity contribution is 0.344. The molecule has 2 heterocycles. The third-order valence-electron chi connectivity index (χ3n) is 3.08. The molecule has 0 aliphatic carbocycles. The maximum atomic E-state index is 13.9. The van der Waals surface area contributed by atoms with Crippen LogP contribution in [-0.4, -0.2) is 29.2 Å². The van der Waals surface area contributed by atoms with E-state index in [0.717, 1.165) is 6.07 Å². The van der Waals surface area contributed by atoms with Gasteiger partial charge in [0.1, 0.15) is 11.8 Å². The largest absolute Gasteiger partial charge is 0.491 e. The number of ether oxygens (including phenoxy) is 3. The van der Waals surface area contributed by atoms with E-state index in [1.165, 1.54) is 32.7 Å². The van der Waals surface area contributed by atoms with Crippen LogP contribution in [0.4, 0.5) is 10.1 Å². The van der Waals surface area contributed by atoms with Crippen molar-refractivity contribution in [3.8, 4) is 23.3 Å². The molecule has 0 fully saturated rings. The summed E-state index contributed by atoms with van der Waals surface area (Å²) >= 11 is 0. The monoisotopic (exact) mass is 316 g/mol. The molecule has 0 saturated heterocycles. The Balaban J connectivity index is 2.10. The number of halogens is 1. The second kappa shape index (κ2) is 5.91. The summed E-state index contributed by atoms with van der Waals surface area (Å²) in [6, 6.07) is 5.74. The van der Waals surface area contributed by atoms with Crippen LogP contribution in [0.5, 0.6) is 23.3 Å². The topological polar surface area (TPSA) is 92.4 Å². The minimum absolute atomic E-state index is 0.0178. The van der Waals surface area contributed by atoms with Gasteiger partial charge in [0.05, 0.1) is 14.2 Å². The van der Waals surface area contributed by atoms with Gasteiger partial charge in [-0.3, -0.25) is 0 Å². The molecule has 8 heteroatoms. The van der Waals surface area contributed by atoms with Crippen LogP contribution in [0.1, 0.15) is 0 Å². The van der Waals surface area contributed by atoms with Crippen molar-refractivity contribution in [2.24, 2.45) is 0 Å². The smallest absolute Gasteiger partial charge is 0.257 e. The Morgan fingerprint density at radius 3 is 2.52 bits per heavy atom. The van der Waals surface area contributed by atoms with Gasteiger partial charge in [-0.2, -0.15) is 4.98 Å². The Kier molecular flexibility index (Phi) is 3.80. The number of benzene rings is 1. The molecule has 0 spiro atoms. The molecular formula is C15H13FN4O3. The van der Waals surface area contributed by atoms with E-state index in [1.807, 2.05) is 0 Å². The minimum Gasteiger partial charge on any atom is -0.491 e. The SMILES string of the molecule is COc1cc2ncnc(Oc3ccc(N)cc3F)c2nc1OC. The van der Waals surface area contributed by atoms with Crippen molar-refractivity contribution in [3.05, 3.63) is 36.4 Å². The summed E-state index contributed by atoms with van der Waals surface area (Å²) in [6.07, 6.45) is 1.29. The van der Waals surface area contributed by atoms with E-state index >= 15 is 0 Å². The van der Waals surface area contributed by atoms with Gasteiger partial charge < -0.3 is 19.9 Å². The van der Waals surface area contributed by atoms with Crippen LogP contribution in [0, 0.1) is 5.82 Å². The zero-order valence-electron chi connectivity index (χ0n) is 12.4. The molecule has 3 aromatic rings. The fraction of sp³-hybridized carbons (Fsp3) is 0.133. The average Bonchev–Trinajstić information content (AvgIpc) is 2.56. The predicted octanol–water partition coefficient (Wildman–Crippen LogP) is 2.56. The molecule has 1 aromatic carbocycles. The highest BCUT2D eigenvalue weighted by atomic mass is 19.1. The van der Waals surface area contributed by atoms with E-state index in [4.69, 9.17) is 19.9 Å². The van der Waals surface area contributed by atoms with Crippen molar-refractivity contribution in [2.75, 3.05) is 20.0 Å². The minimum atomic E-state index is -0.600. The van der Waals surface area contributed by atoms with E-state index in [0.29, 0.717) is 22.5 Å². The Labute approximate surface area is 130 Å². The van der Waals surface area contributed by atoms with Crippen molar-refractivity contribution in [3.63, 3.8) is 0 Å². The first-order valence-electron chi connectivity index (χ1n) is 6.59. The van der Waals surface area contributed by atoms with E-state index in [-0.39, 0.29) is 17.5 Å². The van der Waals surface area contributed by atoms with Crippen molar-refractivity contribution >= 4 is 16.7 Å². The normalized spacial score (nSPS) is 10.6. The van der Waals surface area contributed by atoms with Crippen LogP contribution in [0.2, 0.25) is 0 Å². The summed E-state index contributed by atoms with van der Waals surface area (Å²) in [5, 5.41) is 0. The molecule has 0 aliphatic heterocycles. The number of aromatic nitrogens is 3. The lowest BCUT2D eigenvalue weighted by Gasteiger charge is -2.10. The number of rotatable bonds is 4. The number of anilines is 1. The number of nitrogen functional groups attached to an aromatic ring is 1. The van der Waals surface area contributed by atoms with E-state index in [9.17, 15) is 4.39 Å². The maximum Gasteiger partial charge on any atom is 0.257 e. The quantitative estimate of drug-likeness (QED) is 0.739. The summed E-state index contributed by atoms with van der Waals surface area (Å²) in [7, 11) is 2.95. The van der Waals surface area contributed by atoms with Crippen LogP contribution in [0.25, 0.3) is 11.0 Å². The van der Waals surface area contributed by atoms with Gasteiger partial charge in [-0.25, -0.2) is 14.4 Å². The molecule has 0 atom stereocenters. The summed E-state index contributed by atoms with van der Waals surface area (Å²) in [5.41, 5.74) is 6.61. The van der Waals surface area contributed by atoms with Crippen LogP contribution in [-0.2, 0) is 0 Å².